The van der Waals surface area contributed by atoms with Crippen LogP contribution in [0, 0.1) is 0 Å². The number of anilines is 1. The molecule has 1 saturated heterocycles. The highest BCUT2D eigenvalue weighted by atomic mass is 16.3. The van der Waals surface area contributed by atoms with Crippen molar-refractivity contribution in [2.45, 2.75) is 25.3 Å². The number of hydrogen-bond acceptors (Lipinski definition) is 3. The van der Waals surface area contributed by atoms with E-state index in [1.807, 2.05) is 84.9 Å². The van der Waals surface area contributed by atoms with Crippen LogP contribution in [0.5, 0.6) is 0 Å². The number of carbonyl (C=O) groups is 2. The van der Waals surface area contributed by atoms with Crippen LogP contribution in [0.15, 0.2) is 89.3 Å². The molecule has 0 bridgehead atoms. The second-order valence-electron chi connectivity index (χ2n) is 8.09. The molecule has 1 fully saturated rings. The number of nitrogens with one attached hydrogen (secondary N) is 1. The normalized spacial score (nSPS) is 14.6. The Kier molecular flexibility index (Phi) is 5.46. The summed E-state index contributed by atoms with van der Waals surface area (Å²) in [6, 6.07) is 26.9. The molecule has 1 aliphatic heterocycles. The van der Waals surface area contributed by atoms with Crippen LogP contribution in [-0.4, -0.2) is 18.4 Å². The van der Waals surface area contributed by atoms with Gasteiger partial charge in [-0.05, 0) is 41.8 Å². The first kappa shape index (κ1) is 20.1. The summed E-state index contributed by atoms with van der Waals surface area (Å²) >= 11 is 0. The number of amides is 2. The lowest BCUT2D eigenvalue weighted by Crippen LogP contribution is -2.30. The molecule has 5 rings (SSSR count). The van der Waals surface area contributed by atoms with Crippen LogP contribution in [0.1, 0.15) is 35.8 Å². The van der Waals surface area contributed by atoms with Gasteiger partial charge in [0.2, 0.25) is 11.8 Å². The molecule has 2 heterocycles. The fourth-order valence-electron chi connectivity index (χ4n) is 4.22. The Labute approximate surface area is 186 Å². The first-order valence-corrected chi connectivity index (χ1v) is 10.9. The van der Waals surface area contributed by atoms with Gasteiger partial charge >= 0.3 is 0 Å². The Morgan fingerprint density at radius 3 is 2.44 bits per heavy atom. The van der Waals surface area contributed by atoms with Gasteiger partial charge in [-0.15, -0.1) is 0 Å². The molecule has 1 atom stereocenters. The number of benzene rings is 3. The van der Waals surface area contributed by atoms with E-state index >= 15 is 0 Å². The zero-order valence-corrected chi connectivity index (χ0v) is 17.7. The molecule has 5 heteroatoms. The van der Waals surface area contributed by atoms with E-state index in [0.717, 1.165) is 40.7 Å². The summed E-state index contributed by atoms with van der Waals surface area (Å²) in [7, 11) is 0. The van der Waals surface area contributed by atoms with Crippen molar-refractivity contribution in [3.05, 3.63) is 102 Å². The number of fused-ring (bicyclic) bond motifs is 1. The van der Waals surface area contributed by atoms with E-state index in [0.29, 0.717) is 12.2 Å². The summed E-state index contributed by atoms with van der Waals surface area (Å²) < 4.78 is 6.07. The summed E-state index contributed by atoms with van der Waals surface area (Å²) in [6.45, 7) is 0.759. The van der Waals surface area contributed by atoms with Crippen molar-refractivity contribution >= 4 is 28.5 Å². The van der Waals surface area contributed by atoms with Gasteiger partial charge in [-0.25, -0.2) is 0 Å². The van der Waals surface area contributed by atoms with Crippen LogP contribution >= 0.6 is 0 Å². The van der Waals surface area contributed by atoms with Crippen LogP contribution in [0.4, 0.5) is 5.69 Å². The van der Waals surface area contributed by atoms with Gasteiger partial charge in [0.15, 0.2) is 0 Å². The van der Waals surface area contributed by atoms with Crippen LogP contribution in [0.2, 0.25) is 0 Å². The standard InChI is InChI=1S/C27H24N2O3/c30-25(17-19-12-14-22(15-13-19)29-16-6-11-26(29)31)28-27(20-7-2-1-3-8-20)24-18-21-9-4-5-10-23(21)32-24/h1-5,7-10,12-15,18,27H,6,11,16-17H2,(H,28,30). The third-order valence-electron chi connectivity index (χ3n) is 5.85. The van der Waals surface area contributed by atoms with Gasteiger partial charge < -0.3 is 14.6 Å². The average Bonchev–Trinajstić information content (AvgIpc) is 3.44. The monoisotopic (exact) mass is 424 g/mol. The van der Waals surface area contributed by atoms with Crippen molar-refractivity contribution in [1.82, 2.24) is 5.32 Å². The molecule has 4 aromatic rings. The highest BCUT2D eigenvalue weighted by molar-refractivity contribution is 5.95. The van der Waals surface area contributed by atoms with E-state index in [1.165, 1.54) is 0 Å². The number of nitrogens with zero attached hydrogens (tertiary/aromatic N) is 1. The quantitative estimate of drug-likeness (QED) is 0.473. The fourth-order valence-corrected chi connectivity index (χ4v) is 4.22. The zero-order valence-electron chi connectivity index (χ0n) is 17.7. The second-order valence-corrected chi connectivity index (χ2v) is 8.09. The molecule has 2 amide bonds. The third kappa shape index (κ3) is 4.14. The SMILES string of the molecule is O=C(Cc1ccc(N2CCCC2=O)cc1)NC(c1ccccc1)c1cc2ccccc2o1. The molecular weight excluding hydrogens is 400 g/mol. The van der Waals surface area contributed by atoms with Crippen LogP contribution in [0.25, 0.3) is 11.0 Å². The lowest BCUT2D eigenvalue weighted by Gasteiger charge is -2.18. The number of furan rings is 1. The number of carbonyl (C=O) groups excluding carboxylic acids is 2. The summed E-state index contributed by atoms with van der Waals surface area (Å²) in [6.07, 6.45) is 1.75. The van der Waals surface area contributed by atoms with Crippen molar-refractivity contribution < 1.29 is 14.0 Å². The van der Waals surface area contributed by atoms with E-state index in [4.69, 9.17) is 4.42 Å². The zero-order chi connectivity index (χ0) is 21.9. The maximum absolute atomic E-state index is 13.0. The average molecular weight is 425 g/mol. The Balaban J connectivity index is 1.34. The van der Waals surface area contributed by atoms with Crippen LogP contribution in [0.3, 0.4) is 0 Å². The topological polar surface area (TPSA) is 62.6 Å². The minimum atomic E-state index is -0.377. The molecular formula is C27H24N2O3. The van der Waals surface area contributed by atoms with E-state index in [2.05, 4.69) is 5.32 Å². The molecule has 0 saturated carbocycles. The largest absolute Gasteiger partial charge is 0.459 e. The van der Waals surface area contributed by atoms with E-state index in [-0.39, 0.29) is 24.3 Å². The van der Waals surface area contributed by atoms with Gasteiger partial charge in [-0.2, -0.15) is 0 Å². The Bertz CT molecular complexity index is 1210. The first-order valence-electron chi connectivity index (χ1n) is 10.9. The molecule has 1 aliphatic rings. The highest BCUT2D eigenvalue weighted by Crippen LogP contribution is 2.28. The van der Waals surface area contributed by atoms with Crippen molar-refractivity contribution in [2.24, 2.45) is 0 Å². The Morgan fingerprint density at radius 2 is 1.72 bits per heavy atom. The maximum Gasteiger partial charge on any atom is 0.227 e. The molecule has 32 heavy (non-hydrogen) atoms. The van der Waals surface area contributed by atoms with Crippen molar-refractivity contribution in [3.63, 3.8) is 0 Å². The van der Waals surface area contributed by atoms with Gasteiger partial charge in [-0.1, -0.05) is 60.7 Å². The van der Waals surface area contributed by atoms with E-state index in [1.54, 1.807) is 4.90 Å². The fraction of sp³-hybridized carbons (Fsp3) is 0.185. The molecule has 5 nitrogen and oxygen atoms in total. The molecule has 1 aromatic heterocycles. The molecule has 160 valence electrons. The van der Waals surface area contributed by atoms with Crippen molar-refractivity contribution in [1.29, 1.82) is 0 Å². The summed E-state index contributed by atoms with van der Waals surface area (Å²) in [5.74, 6) is 0.769. The van der Waals surface area contributed by atoms with Crippen molar-refractivity contribution in [2.75, 3.05) is 11.4 Å². The molecule has 1 unspecified atom stereocenters. The lowest BCUT2D eigenvalue weighted by atomic mass is 10.0. The van der Waals surface area contributed by atoms with Crippen LogP contribution < -0.4 is 10.2 Å². The predicted molar refractivity (Wildman–Crippen MR) is 124 cm³/mol. The van der Waals surface area contributed by atoms with Crippen LogP contribution in [-0.2, 0) is 16.0 Å². The van der Waals surface area contributed by atoms with Gasteiger partial charge in [0.25, 0.3) is 0 Å². The molecule has 0 spiro atoms. The van der Waals surface area contributed by atoms with Crippen molar-refractivity contribution in [3.8, 4) is 0 Å². The van der Waals surface area contributed by atoms with Gasteiger partial charge in [0.05, 0.1) is 6.42 Å². The summed E-state index contributed by atoms with van der Waals surface area (Å²) in [5, 5.41) is 4.14. The van der Waals surface area contributed by atoms with E-state index < -0.39 is 0 Å². The smallest absolute Gasteiger partial charge is 0.227 e. The first-order chi connectivity index (χ1) is 15.7. The third-order valence-corrected chi connectivity index (χ3v) is 5.85. The van der Waals surface area contributed by atoms with E-state index in [9.17, 15) is 9.59 Å². The predicted octanol–water partition coefficient (Wildman–Crippen LogP) is 5.01. The highest BCUT2D eigenvalue weighted by Gasteiger charge is 2.23. The van der Waals surface area contributed by atoms with Gasteiger partial charge in [0, 0.05) is 24.0 Å². The minimum absolute atomic E-state index is 0.0932. The maximum atomic E-state index is 13.0. The lowest BCUT2D eigenvalue weighted by molar-refractivity contribution is -0.121. The number of hydrogen-bond donors (Lipinski definition) is 1. The molecule has 1 N–H and O–H groups in total. The summed E-state index contributed by atoms with van der Waals surface area (Å²) in [4.78, 5) is 26.7. The number of rotatable bonds is 6. The Morgan fingerprint density at radius 1 is 0.969 bits per heavy atom. The second kappa shape index (κ2) is 8.71. The molecule has 0 aliphatic carbocycles. The molecule has 3 aromatic carbocycles. The van der Waals surface area contributed by atoms with Gasteiger partial charge in [-0.3, -0.25) is 9.59 Å². The Hall–Kier alpha value is -3.86. The number of para-hydroxylation sites is 1. The minimum Gasteiger partial charge on any atom is -0.459 e. The van der Waals surface area contributed by atoms with Gasteiger partial charge in [0.1, 0.15) is 17.4 Å². The molecule has 0 radical (unpaired) electrons. The summed E-state index contributed by atoms with van der Waals surface area (Å²) in [5.41, 5.74) is 3.54.